The molecule has 0 radical (unpaired) electrons. The molecule has 1 aliphatic carbocycles. The van der Waals surface area contributed by atoms with Crippen molar-refractivity contribution in [2.45, 2.75) is 52.0 Å². The van der Waals surface area contributed by atoms with Crippen LogP contribution in [0.1, 0.15) is 44.9 Å². The van der Waals surface area contributed by atoms with Gasteiger partial charge in [0.1, 0.15) is 17.9 Å². The maximum absolute atomic E-state index is 11.4. The topological polar surface area (TPSA) is 47.8 Å². The van der Waals surface area contributed by atoms with Crippen molar-refractivity contribution in [3.63, 3.8) is 0 Å². The smallest absolute Gasteiger partial charge is 0.138 e. The molecule has 1 aromatic rings. The maximum Gasteiger partial charge on any atom is 0.138 e. The van der Waals surface area contributed by atoms with Crippen LogP contribution < -0.4 is 0 Å². The summed E-state index contributed by atoms with van der Waals surface area (Å²) in [6, 6.07) is 0. The summed E-state index contributed by atoms with van der Waals surface area (Å²) in [6.45, 7) is 3.06. The molecule has 1 heterocycles. The first-order valence-electron chi connectivity index (χ1n) is 6.18. The Bertz CT molecular complexity index is 359. The van der Waals surface area contributed by atoms with Crippen molar-refractivity contribution in [2.24, 2.45) is 5.92 Å². The molecule has 1 aliphatic rings. The van der Waals surface area contributed by atoms with Gasteiger partial charge in [0.05, 0.1) is 0 Å². The van der Waals surface area contributed by atoms with Crippen molar-refractivity contribution in [2.75, 3.05) is 0 Å². The fourth-order valence-corrected chi connectivity index (χ4v) is 2.39. The Labute approximate surface area is 96.1 Å². The van der Waals surface area contributed by atoms with Gasteiger partial charge in [-0.2, -0.15) is 5.10 Å². The van der Waals surface area contributed by atoms with E-state index in [0.717, 1.165) is 50.9 Å². The number of carbonyl (C=O) groups is 1. The summed E-state index contributed by atoms with van der Waals surface area (Å²) >= 11 is 0. The van der Waals surface area contributed by atoms with Crippen molar-refractivity contribution in [1.82, 2.24) is 14.8 Å². The Morgan fingerprint density at radius 2 is 2.44 bits per heavy atom. The van der Waals surface area contributed by atoms with Crippen LogP contribution >= 0.6 is 0 Å². The van der Waals surface area contributed by atoms with Gasteiger partial charge in [-0.15, -0.1) is 0 Å². The van der Waals surface area contributed by atoms with E-state index >= 15 is 0 Å². The predicted octanol–water partition coefficient (Wildman–Crippen LogP) is 1.99. The zero-order chi connectivity index (χ0) is 11.4. The van der Waals surface area contributed by atoms with Gasteiger partial charge in [-0.3, -0.25) is 9.48 Å². The highest BCUT2D eigenvalue weighted by Crippen LogP contribution is 2.24. The zero-order valence-electron chi connectivity index (χ0n) is 9.85. The van der Waals surface area contributed by atoms with Crippen LogP contribution in [0.2, 0.25) is 0 Å². The highest BCUT2D eigenvalue weighted by molar-refractivity contribution is 5.79. The predicted molar refractivity (Wildman–Crippen MR) is 61.0 cm³/mol. The summed E-state index contributed by atoms with van der Waals surface area (Å²) in [6.07, 6.45) is 7.31. The third-order valence-electron chi connectivity index (χ3n) is 3.19. The van der Waals surface area contributed by atoms with E-state index in [1.165, 1.54) is 0 Å². The van der Waals surface area contributed by atoms with E-state index in [1.54, 1.807) is 6.33 Å². The first-order valence-corrected chi connectivity index (χ1v) is 6.18. The molecule has 0 amide bonds. The molecule has 1 saturated carbocycles. The molecular weight excluding hydrogens is 202 g/mol. The molecule has 2 rings (SSSR count). The van der Waals surface area contributed by atoms with Gasteiger partial charge in [0.15, 0.2) is 0 Å². The highest BCUT2D eigenvalue weighted by atomic mass is 16.1. The second-order valence-electron chi connectivity index (χ2n) is 4.60. The SMILES string of the molecule is CCCn1ncnc1CC1CCCC(=O)C1. The molecule has 1 unspecified atom stereocenters. The number of aryl methyl sites for hydroxylation is 1. The van der Waals surface area contributed by atoms with Crippen molar-refractivity contribution in [1.29, 1.82) is 0 Å². The van der Waals surface area contributed by atoms with Crippen molar-refractivity contribution in [3.8, 4) is 0 Å². The van der Waals surface area contributed by atoms with Gasteiger partial charge >= 0.3 is 0 Å². The Morgan fingerprint density at radius 3 is 3.19 bits per heavy atom. The average molecular weight is 221 g/mol. The molecule has 1 atom stereocenters. The summed E-state index contributed by atoms with van der Waals surface area (Å²) in [5, 5.41) is 4.21. The molecule has 4 heteroatoms. The summed E-state index contributed by atoms with van der Waals surface area (Å²) in [5.41, 5.74) is 0. The van der Waals surface area contributed by atoms with Crippen molar-refractivity contribution in [3.05, 3.63) is 12.2 Å². The van der Waals surface area contributed by atoms with E-state index in [4.69, 9.17) is 0 Å². The number of hydrogen-bond acceptors (Lipinski definition) is 3. The first-order chi connectivity index (χ1) is 7.79. The Kier molecular flexibility index (Phi) is 3.70. The molecular formula is C12H19N3O. The minimum atomic E-state index is 0.415. The lowest BCUT2D eigenvalue weighted by Gasteiger charge is -2.20. The minimum absolute atomic E-state index is 0.415. The van der Waals surface area contributed by atoms with E-state index in [9.17, 15) is 4.79 Å². The van der Waals surface area contributed by atoms with Gasteiger partial charge in [0.2, 0.25) is 0 Å². The fourth-order valence-electron chi connectivity index (χ4n) is 2.39. The lowest BCUT2D eigenvalue weighted by Crippen LogP contribution is -2.19. The van der Waals surface area contributed by atoms with E-state index in [1.807, 2.05) is 4.68 Å². The summed E-state index contributed by atoms with van der Waals surface area (Å²) in [4.78, 5) is 15.7. The molecule has 0 spiro atoms. The lowest BCUT2D eigenvalue weighted by molar-refractivity contribution is -0.121. The maximum atomic E-state index is 11.4. The number of carbonyl (C=O) groups excluding carboxylic acids is 1. The van der Waals surface area contributed by atoms with Crippen LogP contribution in [0.15, 0.2) is 6.33 Å². The number of Topliss-reactive ketones (excluding diaryl/α,β-unsaturated/α-hetero) is 1. The largest absolute Gasteiger partial charge is 0.300 e. The van der Waals surface area contributed by atoms with Crippen molar-refractivity contribution < 1.29 is 4.79 Å². The normalized spacial score (nSPS) is 21.3. The molecule has 0 saturated heterocycles. The van der Waals surface area contributed by atoms with Crippen LogP contribution in [0.3, 0.4) is 0 Å². The number of rotatable bonds is 4. The molecule has 0 aliphatic heterocycles. The van der Waals surface area contributed by atoms with E-state index in [2.05, 4.69) is 17.0 Å². The van der Waals surface area contributed by atoms with E-state index in [0.29, 0.717) is 11.7 Å². The monoisotopic (exact) mass is 221 g/mol. The number of nitrogens with zero attached hydrogens (tertiary/aromatic N) is 3. The van der Waals surface area contributed by atoms with E-state index < -0.39 is 0 Å². The Morgan fingerprint density at radius 1 is 1.56 bits per heavy atom. The van der Waals surface area contributed by atoms with E-state index in [-0.39, 0.29) is 0 Å². The average Bonchev–Trinajstić information content (AvgIpc) is 2.66. The standard InChI is InChI=1S/C12H19N3O/c1-2-6-15-12(13-9-14-15)8-10-4-3-5-11(16)7-10/h9-10H,2-8H2,1H3. The van der Waals surface area contributed by atoms with Gasteiger partial charge in [-0.05, 0) is 25.2 Å². The lowest BCUT2D eigenvalue weighted by atomic mass is 9.86. The molecule has 0 bridgehead atoms. The second kappa shape index (κ2) is 5.23. The van der Waals surface area contributed by atoms with Crippen molar-refractivity contribution >= 4 is 5.78 Å². The quantitative estimate of drug-likeness (QED) is 0.781. The number of ketones is 1. The molecule has 0 aromatic carbocycles. The molecule has 16 heavy (non-hydrogen) atoms. The van der Waals surface area contributed by atoms with Gasteiger partial charge in [-0.25, -0.2) is 4.98 Å². The minimum Gasteiger partial charge on any atom is -0.300 e. The molecule has 1 aromatic heterocycles. The van der Waals surface area contributed by atoms with Crippen LogP contribution in [-0.2, 0) is 17.8 Å². The molecule has 1 fully saturated rings. The summed E-state index contributed by atoms with van der Waals surface area (Å²) < 4.78 is 1.97. The zero-order valence-corrected chi connectivity index (χ0v) is 9.85. The Balaban J connectivity index is 1.97. The summed E-state index contributed by atoms with van der Waals surface area (Å²) in [5.74, 6) is 1.94. The second-order valence-corrected chi connectivity index (χ2v) is 4.60. The highest BCUT2D eigenvalue weighted by Gasteiger charge is 2.21. The van der Waals surface area contributed by atoms with Crippen LogP contribution in [0.25, 0.3) is 0 Å². The third-order valence-corrected chi connectivity index (χ3v) is 3.19. The Hall–Kier alpha value is -1.19. The fraction of sp³-hybridized carbons (Fsp3) is 0.750. The van der Waals surface area contributed by atoms with Crippen LogP contribution in [0.4, 0.5) is 0 Å². The van der Waals surface area contributed by atoms with Crippen LogP contribution in [0, 0.1) is 5.92 Å². The van der Waals surface area contributed by atoms with Crippen LogP contribution in [0.5, 0.6) is 0 Å². The molecule has 4 nitrogen and oxygen atoms in total. The van der Waals surface area contributed by atoms with Gasteiger partial charge < -0.3 is 0 Å². The third kappa shape index (κ3) is 2.68. The van der Waals surface area contributed by atoms with Gasteiger partial charge in [0, 0.05) is 25.8 Å². The van der Waals surface area contributed by atoms with Crippen LogP contribution in [-0.4, -0.2) is 20.5 Å². The van der Waals surface area contributed by atoms with Gasteiger partial charge in [-0.1, -0.05) is 6.92 Å². The first kappa shape index (κ1) is 11.3. The number of aromatic nitrogens is 3. The molecule has 0 N–H and O–H groups in total. The summed E-state index contributed by atoms with van der Waals surface area (Å²) in [7, 11) is 0. The number of hydrogen-bond donors (Lipinski definition) is 0. The molecule has 88 valence electrons. The van der Waals surface area contributed by atoms with Gasteiger partial charge in [0.25, 0.3) is 0 Å².